The van der Waals surface area contributed by atoms with E-state index >= 15 is 0 Å². The zero-order chi connectivity index (χ0) is 10.2. The lowest BCUT2D eigenvalue weighted by Crippen LogP contribution is -2.23. The first-order valence-corrected chi connectivity index (χ1v) is 5.66. The highest BCUT2D eigenvalue weighted by Crippen LogP contribution is 2.11. The van der Waals surface area contributed by atoms with Gasteiger partial charge in [0.15, 0.2) is 0 Å². The van der Waals surface area contributed by atoms with Crippen molar-refractivity contribution in [2.24, 2.45) is 0 Å². The standard InChI is InChI=1S/C9H11N.C4H10/c1-2-4-9-7-10-6-5-8(9)3-1;1-3-4-2/h1-4,10H,5-7H2;3-4H2,1-2H3. The van der Waals surface area contributed by atoms with Crippen molar-refractivity contribution in [3.63, 3.8) is 0 Å². The van der Waals surface area contributed by atoms with Gasteiger partial charge in [0.1, 0.15) is 0 Å². The summed E-state index contributed by atoms with van der Waals surface area (Å²) in [4.78, 5) is 0. The van der Waals surface area contributed by atoms with E-state index in [2.05, 4.69) is 43.4 Å². The Kier molecular flexibility index (Phi) is 5.31. The van der Waals surface area contributed by atoms with Gasteiger partial charge in [-0.05, 0) is 24.1 Å². The molecular weight excluding hydrogens is 170 g/mol. The van der Waals surface area contributed by atoms with E-state index in [4.69, 9.17) is 0 Å². The molecule has 0 spiro atoms. The normalized spacial score (nSPS) is 13.9. The second-order valence-corrected chi connectivity index (χ2v) is 3.70. The molecule has 1 nitrogen and oxygen atoms in total. The second kappa shape index (κ2) is 6.61. The van der Waals surface area contributed by atoms with Crippen molar-refractivity contribution in [3.05, 3.63) is 35.4 Å². The van der Waals surface area contributed by atoms with Gasteiger partial charge in [-0.1, -0.05) is 51.0 Å². The lowest BCUT2D eigenvalue weighted by molar-refractivity contribution is 0.644. The van der Waals surface area contributed by atoms with Gasteiger partial charge in [-0.25, -0.2) is 0 Å². The summed E-state index contributed by atoms with van der Waals surface area (Å²) in [5, 5.41) is 3.34. The summed E-state index contributed by atoms with van der Waals surface area (Å²) in [6, 6.07) is 8.63. The molecule has 1 aromatic rings. The van der Waals surface area contributed by atoms with Crippen LogP contribution in [0.3, 0.4) is 0 Å². The lowest BCUT2D eigenvalue weighted by atomic mass is 10.0. The first kappa shape index (κ1) is 11.3. The number of hydrogen-bond acceptors (Lipinski definition) is 1. The molecule has 0 aliphatic carbocycles. The Hall–Kier alpha value is -0.820. The van der Waals surface area contributed by atoms with Crippen molar-refractivity contribution in [2.45, 2.75) is 39.7 Å². The van der Waals surface area contributed by atoms with E-state index in [9.17, 15) is 0 Å². The maximum Gasteiger partial charge on any atom is 0.0208 e. The molecule has 0 aromatic heterocycles. The Morgan fingerprint density at radius 1 is 1.07 bits per heavy atom. The molecule has 0 bridgehead atoms. The zero-order valence-electron chi connectivity index (χ0n) is 9.34. The minimum Gasteiger partial charge on any atom is -0.312 e. The Labute approximate surface area is 87.5 Å². The molecule has 1 N–H and O–H groups in total. The van der Waals surface area contributed by atoms with Crippen molar-refractivity contribution < 1.29 is 0 Å². The van der Waals surface area contributed by atoms with Crippen LogP contribution in [-0.4, -0.2) is 6.54 Å². The molecule has 1 aromatic carbocycles. The monoisotopic (exact) mass is 191 g/mol. The predicted molar refractivity (Wildman–Crippen MR) is 62.4 cm³/mol. The fourth-order valence-electron chi connectivity index (χ4n) is 1.42. The van der Waals surface area contributed by atoms with Crippen LogP contribution in [0.2, 0.25) is 0 Å². The van der Waals surface area contributed by atoms with Crippen molar-refractivity contribution in [1.29, 1.82) is 0 Å². The Morgan fingerprint density at radius 3 is 2.29 bits per heavy atom. The molecule has 78 valence electrons. The summed E-state index contributed by atoms with van der Waals surface area (Å²) in [6.07, 6.45) is 3.83. The van der Waals surface area contributed by atoms with Gasteiger partial charge in [-0.3, -0.25) is 0 Å². The fourth-order valence-corrected chi connectivity index (χ4v) is 1.42. The van der Waals surface area contributed by atoms with E-state index in [-0.39, 0.29) is 0 Å². The average molecular weight is 191 g/mol. The highest BCUT2D eigenvalue weighted by atomic mass is 14.9. The molecule has 1 heteroatoms. The van der Waals surface area contributed by atoms with E-state index in [0.29, 0.717) is 0 Å². The predicted octanol–water partition coefficient (Wildman–Crippen LogP) is 3.14. The van der Waals surface area contributed by atoms with Crippen LogP contribution >= 0.6 is 0 Å². The number of unbranched alkanes of at least 4 members (excludes halogenated alkanes) is 1. The van der Waals surface area contributed by atoms with Crippen LogP contribution < -0.4 is 5.32 Å². The molecule has 0 atom stereocenters. The molecule has 0 radical (unpaired) electrons. The highest BCUT2D eigenvalue weighted by molar-refractivity contribution is 5.28. The van der Waals surface area contributed by atoms with Gasteiger partial charge < -0.3 is 5.32 Å². The van der Waals surface area contributed by atoms with Gasteiger partial charge in [0, 0.05) is 6.54 Å². The molecule has 0 saturated heterocycles. The molecule has 1 aliphatic heterocycles. The summed E-state index contributed by atoms with van der Waals surface area (Å²) < 4.78 is 0. The minimum absolute atomic E-state index is 1.05. The maximum absolute atomic E-state index is 3.34. The Bertz CT molecular complexity index is 228. The Balaban J connectivity index is 0.000000213. The smallest absolute Gasteiger partial charge is 0.0208 e. The van der Waals surface area contributed by atoms with Gasteiger partial charge in [0.25, 0.3) is 0 Å². The maximum atomic E-state index is 3.34. The van der Waals surface area contributed by atoms with Crippen LogP contribution in [0.1, 0.15) is 37.8 Å². The van der Waals surface area contributed by atoms with E-state index < -0.39 is 0 Å². The number of rotatable bonds is 1. The van der Waals surface area contributed by atoms with E-state index in [1.165, 1.54) is 30.4 Å². The van der Waals surface area contributed by atoms with Crippen molar-refractivity contribution in [3.8, 4) is 0 Å². The molecule has 1 aliphatic rings. The number of hydrogen-bond donors (Lipinski definition) is 1. The first-order chi connectivity index (χ1) is 6.88. The summed E-state index contributed by atoms with van der Waals surface area (Å²) in [7, 11) is 0. The molecular formula is C13H21N. The van der Waals surface area contributed by atoms with Crippen molar-refractivity contribution >= 4 is 0 Å². The largest absolute Gasteiger partial charge is 0.312 e. The van der Waals surface area contributed by atoms with Crippen LogP contribution in [-0.2, 0) is 13.0 Å². The first-order valence-electron chi connectivity index (χ1n) is 5.66. The quantitative estimate of drug-likeness (QED) is 0.719. The van der Waals surface area contributed by atoms with Crippen LogP contribution in [0, 0.1) is 0 Å². The zero-order valence-corrected chi connectivity index (χ0v) is 9.34. The summed E-state index contributed by atoms with van der Waals surface area (Å²) in [5.41, 5.74) is 2.98. The number of benzene rings is 1. The van der Waals surface area contributed by atoms with Gasteiger partial charge in [-0.15, -0.1) is 0 Å². The van der Waals surface area contributed by atoms with Crippen LogP contribution in [0.25, 0.3) is 0 Å². The molecule has 2 rings (SSSR count). The average Bonchev–Trinajstić information content (AvgIpc) is 2.30. The second-order valence-electron chi connectivity index (χ2n) is 3.70. The topological polar surface area (TPSA) is 12.0 Å². The van der Waals surface area contributed by atoms with Crippen molar-refractivity contribution in [1.82, 2.24) is 5.32 Å². The third-order valence-corrected chi connectivity index (χ3v) is 2.50. The Morgan fingerprint density at radius 2 is 1.71 bits per heavy atom. The fraction of sp³-hybridized carbons (Fsp3) is 0.538. The van der Waals surface area contributed by atoms with Gasteiger partial charge >= 0.3 is 0 Å². The van der Waals surface area contributed by atoms with Crippen LogP contribution in [0.5, 0.6) is 0 Å². The minimum atomic E-state index is 1.05. The van der Waals surface area contributed by atoms with Crippen LogP contribution in [0.15, 0.2) is 24.3 Å². The summed E-state index contributed by atoms with van der Waals surface area (Å²) in [6.45, 7) is 6.55. The van der Waals surface area contributed by atoms with Gasteiger partial charge in [0.2, 0.25) is 0 Å². The number of nitrogens with one attached hydrogen (secondary N) is 1. The van der Waals surface area contributed by atoms with Crippen molar-refractivity contribution in [2.75, 3.05) is 6.54 Å². The molecule has 0 fully saturated rings. The third kappa shape index (κ3) is 3.51. The highest BCUT2D eigenvalue weighted by Gasteiger charge is 2.05. The molecule has 0 saturated carbocycles. The molecule has 0 amide bonds. The lowest BCUT2D eigenvalue weighted by Gasteiger charge is -2.15. The van der Waals surface area contributed by atoms with E-state index in [1.54, 1.807) is 0 Å². The third-order valence-electron chi connectivity index (χ3n) is 2.50. The molecule has 1 heterocycles. The molecule has 14 heavy (non-hydrogen) atoms. The number of fused-ring (bicyclic) bond motifs is 1. The van der Waals surface area contributed by atoms with Gasteiger partial charge in [0.05, 0.1) is 0 Å². The summed E-state index contributed by atoms with van der Waals surface area (Å²) >= 11 is 0. The molecule has 0 unspecified atom stereocenters. The van der Waals surface area contributed by atoms with Crippen LogP contribution in [0.4, 0.5) is 0 Å². The SMILES string of the molecule is CCCC.c1ccc2c(c1)CCNC2. The summed E-state index contributed by atoms with van der Waals surface area (Å²) in [5.74, 6) is 0. The van der Waals surface area contributed by atoms with E-state index in [0.717, 1.165) is 13.1 Å². The van der Waals surface area contributed by atoms with E-state index in [1.807, 2.05) is 0 Å². The van der Waals surface area contributed by atoms with Gasteiger partial charge in [-0.2, -0.15) is 0 Å².